The number of aromatic nitrogens is 3. The molecule has 1 unspecified atom stereocenters. The number of esters is 1. The van der Waals surface area contributed by atoms with Gasteiger partial charge in [0.15, 0.2) is 10.8 Å². The van der Waals surface area contributed by atoms with Crippen molar-refractivity contribution >= 4 is 39.9 Å². The molecular formula is C31H40N4O8S. The van der Waals surface area contributed by atoms with E-state index in [9.17, 15) is 14.4 Å². The van der Waals surface area contributed by atoms with Crippen LogP contribution in [0.2, 0.25) is 0 Å². The van der Waals surface area contributed by atoms with E-state index in [1.807, 2.05) is 23.3 Å². The number of anilines is 1. The fourth-order valence-corrected chi connectivity index (χ4v) is 6.03. The van der Waals surface area contributed by atoms with Gasteiger partial charge < -0.3 is 28.6 Å². The molecule has 44 heavy (non-hydrogen) atoms. The van der Waals surface area contributed by atoms with E-state index in [0.29, 0.717) is 73.5 Å². The lowest BCUT2D eigenvalue weighted by atomic mass is 9.90. The predicted molar refractivity (Wildman–Crippen MR) is 165 cm³/mol. The van der Waals surface area contributed by atoms with Gasteiger partial charge >= 0.3 is 5.97 Å². The number of Topliss-reactive ketones (excluding diaryl/α,β-unsaturated/α-hetero) is 1. The number of nitrogens with zero attached hydrogens (tertiary/aromatic N) is 4. The van der Waals surface area contributed by atoms with E-state index in [1.54, 1.807) is 17.9 Å². The van der Waals surface area contributed by atoms with Crippen molar-refractivity contribution in [1.29, 1.82) is 0 Å². The number of methoxy groups -OCH3 is 1. The average Bonchev–Trinajstić information content (AvgIpc) is 3.54. The first-order chi connectivity index (χ1) is 21.5. The quantitative estimate of drug-likeness (QED) is 0.171. The third-order valence-corrected chi connectivity index (χ3v) is 8.67. The number of ether oxygens (including phenoxy) is 5. The van der Waals surface area contributed by atoms with Crippen molar-refractivity contribution in [2.75, 3.05) is 71.3 Å². The van der Waals surface area contributed by atoms with E-state index in [-0.39, 0.29) is 36.6 Å². The Labute approximate surface area is 260 Å². The summed E-state index contributed by atoms with van der Waals surface area (Å²) < 4.78 is 28.5. The van der Waals surface area contributed by atoms with Crippen molar-refractivity contribution in [3.05, 3.63) is 45.2 Å². The van der Waals surface area contributed by atoms with Gasteiger partial charge in [-0.25, -0.2) is 14.8 Å². The molecule has 0 N–H and O–H groups in total. The molecule has 0 spiro atoms. The minimum atomic E-state index is -0.742. The van der Waals surface area contributed by atoms with E-state index in [0.717, 1.165) is 25.9 Å². The Morgan fingerprint density at radius 2 is 1.86 bits per heavy atom. The molecule has 238 valence electrons. The van der Waals surface area contributed by atoms with Crippen molar-refractivity contribution in [3.8, 4) is 5.13 Å². The van der Waals surface area contributed by atoms with Crippen LogP contribution < -0.4 is 10.3 Å². The highest BCUT2D eigenvalue weighted by Crippen LogP contribution is 2.30. The largest absolute Gasteiger partial charge is 0.459 e. The highest BCUT2D eigenvalue weighted by Gasteiger charge is 2.34. The Balaban J connectivity index is 1.25. The standard InChI is InChI=1S/C31H40N4O8S/c1-21-17-26(34-18-22(19-34)25(36)7-6-23-5-3-4-9-42-23)33-29-27(21)28(37)24(20-35(29)31-32-8-16-44-31)30(38)43-15-14-41-13-12-40-11-10-39-2/h8,16-17,20,22-23H,3-7,9-15,18-19H2,1-2H3. The third-order valence-electron chi connectivity index (χ3n) is 7.90. The van der Waals surface area contributed by atoms with Crippen LogP contribution in [-0.2, 0) is 28.5 Å². The molecule has 2 aliphatic rings. The SMILES string of the molecule is COCCOCCOCCOC(=O)c1cn(-c2nccs2)c2nc(N3CC(C(=O)CCC4CCCCO4)C3)cc(C)c2c1=O. The van der Waals surface area contributed by atoms with E-state index >= 15 is 0 Å². The van der Waals surface area contributed by atoms with Gasteiger partial charge in [0.2, 0.25) is 5.43 Å². The summed E-state index contributed by atoms with van der Waals surface area (Å²) in [6, 6.07) is 1.84. The molecule has 13 heteroatoms. The third kappa shape index (κ3) is 7.88. The van der Waals surface area contributed by atoms with Crippen molar-refractivity contribution < 1.29 is 33.3 Å². The summed E-state index contributed by atoms with van der Waals surface area (Å²) in [5, 5.41) is 2.70. The number of hydrogen-bond acceptors (Lipinski definition) is 12. The lowest BCUT2D eigenvalue weighted by Gasteiger charge is -2.39. The zero-order valence-electron chi connectivity index (χ0n) is 25.3. The molecule has 0 radical (unpaired) electrons. The van der Waals surface area contributed by atoms with E-state index in [2.05, 4.69) is 4.98 Å². The van der Waals surface area contributed by atoms with E-state index < -0.39 is 11.4 Å². The zero-order valence-corrected chi connectivity index (χ0v) is 26.1. The number of carbonyl (C=O) groups excluding carboxylic acids is 2. The lowest BCUT2D eigenvalue weighted by molar-refractivity contribution is -0.124. The smallest absolute Gasteiger partial charge is 0.343 e. The minimum absolute atomic E-state index is 0.00959. The van der Waals surface area contributed by atoms with E-state index in [1.165, 1.54) is 24.0 Å². The summed E-state index contributed by atoms with van der Waals surface area (Å²) in [6.45, 7) is 5.68. The predicted octanol–water partition coefficient (Wildman–Crippen LogP) is 3.34. The highest BCUT2D eigenvalue weighted by atomic mass is 32.1. The second-order valence-corrected chi connectivity index (χ2v) is 11.9. The Bertz CT molecular complexity index is 1470. The molecule has 5 heterocycles. The van der Waals surface area contributed by atoms with Crippen molar-refractivity contribution in [2.45, 2.75) is 45.1 Å². The molecule has 3 aromatic rings. The van der Waals surface area contributed by atoms with Crippen LogP contribution in [0.3, 0.4) is 0 Å². The number of ketones is 1. The van der Waals surface area contributed by atoms with Gasteiger partial charge in [0.25, 0.3) is 0 Å². The molecule has 0 aromatic carbocycles. The second kappa shape index (κ2) is 15.7. The van der Waals surface area contributed by atoms with Crippen LogP contribution in [0, 0.1) is 12.8 Å². The van der Waals surface area contributed by atoms with Gasteiger partial charge in [-0.15, -0.1) is 11.3 Å². The minimum Gasteiger partial charge on any atom is -0.459 e. The summed E-state index contributed by atoms with van der Waals surface area (Å²) in [5.74, 6) is 0.157. The van der Waals surface area contributed by atoms with Gasteiger partial charge in [-0.2, -0.15) is 0 Å². The first-order valence-electron chi connectivity index (χ1n) is 15.1. The zero-order chi connectivity index (χ0) is 30.9. The van der Waals surface area contributed by atoms with Crippen molar-refractivity contribution in [2.24, 2.45) is 5.92 Å². The van der Waals surface area contributed by atoms with Crippen LogP contribution in [0.25, 0.3) is 16.2 Å². The molecule has 3 aromatic heterocycles. The van der Waals surface area contributed by atoms with Crippen molar-refractivity contribution in [1.82, 2.24) is 14.5 Å². The van der Waals surface area contributed by atoms with Crippen LogP contribution in [0.4, 0.5) is 5.82 Å². The Morgan fingerprint density at radius 1 is 1.09 bits per heavy atom. The number of pyridine rings is 2. The Hall–Kier alpha value is -3.23. The number of rotatable bonds is 16. The molecule has 0 bridgehead atoms. The second-order valence-electron chi connectivity index (χ2n) is 11.0. The number of fused-ring (bicyclic) bond motifs is 1. The topological polar surface area (TPSA) is 131 Å². The molecule has 0 aliphatic carbocycles. The fourth-order valence-electron chi connectivity index (χ4n) is 5.41. The van der Waals surface area contributed by atoms with Crippen LogP contribution in [-0.4, -0.2) is 98.8 Å². The summed E-state index contributed by atoms with van der Waals surface area (Å²) in [7, 11) is 1.60. The van der Waals surface area contributed by atoms with Crippen LogP contribution in [0.5, 0.6) is 0 Å². The van der Waals surface area contributed by atoms with Gasteiger partial charge in [-0.1, -0.05) is 0 Å². The molecule has 5 rings (SSSR count). The van der Waals surface area contributed by atoms with Gasteiger partial charge in [0.05, 0.1) is 50.4 Å². The summed E-state index contributed by atoms with van der Waals surface area (Å²) in [5.41, 5.74) is 0.515. The van der Waals surface area contributed by atoms with E-state index in [4.69, 9.17) is 28.7 Å². The monoisotopic (exact) mass is 628 g/mol. The first-order valence-corrected chi connectivity index (χ1v) is 16.0. The van der Waals surface area contributed by atoms with Crippen LogP contribution in [0.1, 0.15) is 48.0 Å². The normalized spacial score (nSPS) is 17.1. The number of thiazole rings is 1. The maximum Gasteiger partial charge on any atom is 0.343 e. The highest BCUT2D eigenvalue weighted by molar-refractivity contribution is 7.12. The molecular weight excluding hydrogens is 588 g/mol. The van der Waals surface area contributed by atoms with Gasteiger partial charge in [-0.05, 0) is 44.2 Å². The summed E-state index contributed by atoms with van der Waals surface area (Å²) >= 11 is 1.36. The molecule has 1 atom stereocenters. The maximum absolute atomic E-state index is 13.6. The van der Waals surface area contributed by atoms with Crippen molar-refractivity contribution in [3.63, 3.8) is 0 Å². The molecule has 2 saturated heterocycles. The van der Waals surface area contributed by atoms with Gasteiger partial charge in [-0.3, -0.25) is 14.2 Å². The van der Waals surface area contributed by atoms with Gasteiger partial charge in [0, 0.05) is 51.0 Å². The summed E-state index contributed by atoms with van der Waals surface area (Å²) in [4.78, 5) is 50.7. The first kappa shape index (κ1) is 32.2. The van der Waals surface area contributed by atoms with Crippen LogP contribution >= 0.6 is 11.3 Å². The molecule has 2 aliphatic heterocycles. The Morgan fingerprint density at radius 3 is 2.57 bits per heavy atom. The summed E-state index contributed by atoms with van der Waals surface area (Å²) in [6.07, 6.45) is 7.91. The molecule has 12 nitrogen and oxygen atoms in total. The average molecular weight is 629 g/mol. The molecule has 2 fully saturated rings. The maximum atomic E-state index is 13.6. The number of carbonyl (C=O) groups is 2. The lowest BCUT2D eigenvalue weighted by Crippen LogP contribution is -2.51. The van der Waals surface area contributed by atoms with Gasteiger partial charge in [0.1, 0.15) is 23.8 Å². The molecule has 0 saturated carbocycles. The van der Waals surface area contributed by atoms with Crippen LogP contribution in [0.15, 0.2) is 28.6 Å². The fraction of sp³-hybridized carbons (Fsp3) is 0.581. The molecule has 0 amide bonds. The number of aryl methyl sites for hydroxylation is 1. The Kier molecular flexibility index (Phi) is 11.5. The number of hydrogen-bond donors (Lipinski definition) is 0.